The van der Waals surface area contributed by atoms with E-state index in [1.165, 1.54) is 0 Å². The lowest BCUT2D eigenvalue weighted by Gasteiger charge is -2.35. The molecule has 4 nitrogen and oxygen atoms in total. The van der Waals surface area contributed by atoms with Gasteiger partial charge in [0.1, 0.15) is 0 Å². The minimum atomic E-state index is -0.336. The van der Waals surface area contributed by atoms with Gasteiger partial charge in [-0.3, -0.25) is 9.63 Å². The molecule has 0 saturated carbocycles. The van der Waals surface area contributed by atoms with Gasteiger partial charge in [0.25, 0.3) is 0 Å². The van der Waals surface area contributed by atoms with Crippen molar-refractivity contribution in [2.24, 2.45) is 5.41 Å². The predicted octanol–water partition coefficient (Wildman–Crippen LogP) is 1.61. The zero-order chi connectivity index (χ0) is 12.2. The number of piperidine rings is 1. The molecule has 16 heavy (non-hydrogen) atoms. The second-order valence-corrected chi connectivity index (χ2v) is 5.53. The molecule has 2 N–H and O–H groups in total. The highest BCUT2D eigenvalue weighted by Crippen LogP contribution is 2.32. The molecule has 0 aliphatic carbocycles. The van der Waals surface area contributed by atoms with E-state index in [1.807, 2.05) is 20.8 Å². The monoisotopic (exact) mass is 228 g/mol. The number of hydrogen-bond donors (Lipinski definition) is 2. The molecule has 4 heteroatoms. The Labute approximate surface area is 98.1 Å². The van der Waals surface area contributed by atoms with Crippen LogP contribution in [0.3, 0.4) is 0 Å². The van der Waals surface area contributed by atoms with Gasteiger partial charge >= 0.3 is 0 Å². The Morgan fingerprint density at radius 3 is 2.38 bits per heavy atom. The highest BCUT2D eigenvalue weighted by atomic mass is 16.7. The first-order valence-electron chi connectivity index (χ1n) is 6.09. The third-order valence-corrected chi connectivity index (χ3v) is 3.17. The van der Waals surface area contributed by atoms with Crippen LogP contribution in [0.1, 0.15) is 47.0 Å². The van der Waals surface area contributed by atoms with E-state index in [4.69, 9.17) is 4.84 Å². The first-order valence-corrected chi connectivity index (χ1v) is 6.09. The van der Waals surface area contributed by atoms with Gasteiger partial charge in [-0.15, -0.1) is 0 Å². The van der Waals surface area contributed by atoms with Crippen LogP contribution >= 0.6 is 0 Å². The van der Waals surface area contributed by atoms with E-state index in [1.54, 1.807) is 0 Å². The maximum Gasteiger partial charge on any atom is 0.249 e. The summed E-state index contributed by atoms with van der Waals surface area (Å²) in [5.74, 6) is 0.0337. The summed E-state index contributed by atoms with van der Waals surface area (Å²) in [5, 5.41) is 3.28. The molecular formula is C12H24N2O2. The smallest absolute Gasteiger partial charge is 0.249 e. The molecule has 0 unspecified atom stereocenters. The van der Waals surface area contributed by atoms with Crippen LogP contribution in [-0.4, -0.2) is 24.6 Å². The lowest BCUT2D eigenvalue weighted by molar-refractivity contribution is -0.157. The van der Waals surface area contributed by atoms with E-state index in [2.05, 4.69) is 17.7 Å². The van der Waals surface area contributed by atoms with Crippen LogP contribution in [-0.2, 0) is 9.63 Å². The maximum absolute atomic E-state index is 12.1. The second kappa shape index (κ2) is 5.15. The van der Waals surface area contributed by atoms with Crippen molar-refractivity contribution >= 4 is 5.91 Å². The van der Waals surface area contributed by atoms with E-state index < -0.39 is 0 Å². The van der Waals surface area contributed by atoms with E-state index in [0.29, 0.717) is 0 Å². The number of carbonyl (C=O) groups excluding carboxylic acids is 1. The number of rotatable bonds is 3. The van der Waals surface area contributed by atoms with Gasteiger partial charge in [-0.1, -0.05) is 6.92 Å². The van der Waals surface area contributed by atoms with Crippen LogP contribution in [0.15, 0.2) is 0 Å². The Balaban J connectivity index is 2.55. The quantitative estimate of drug-likeness (QED) is 0.722. The summed E-state index contributed by atoms with van der Waals surface area (Å²) >= 11 is 0. The molecule has 1 rings (SSSR count). The molecule has 1 heterocycles. The van der Waals surface area contributed by atoms with Crippen LogP contribution in [0, 0.1) is 5.41 Å². The van der Waals surface area contributed by atoms with E-state index in [0.717, 1.165) is 32.4 Å². The second-order valence-electron chi connectivity index (χ2n) is 5.53. The topological polar surface area (TPSA) is 50.4 Å². The van der Waals surface area contributed by atoms with Crippen molar-refractivity contribution in [2.75, 3.05) is 13.1 Å². The zero-order valence-electron chi connectivity index (χ0n) is 10.9. The van der Waals surface area contributed by atoms with Gasteiger partial charge in [-0.2, -0.15) is 0 Å². The molecular weight excluding hydrogens is 204 g/mol. The molecule has 0 atom stereocenters. The average molecular weight is 228 g/mol. The summed E-state index contributed by atoms with van der Waals surface area (Å²) in [5.41, 5.74) is 2.04. The van der Waals surface area contributed by atoms with Crippen LogP contribution in [0.5, 0.6) is 0 Å². The summed E-state index contributed by atoms with van der Waals surface area (Å²) < 4.78 is 0. The maximum atomic E-state index is 12.1. The number of nitrogens with one attached hydrogen (secondary N) is 2. The van der Waals surface area contributed by atoms with E-state index in [-0.39, 0.29) is 16.9 Å². The molecule has 1 saturated heterocycles. The first-order chi connectivity index (χ1) is 7.40. The Morgan fingerprint density at radius 1 is 1.38 bits per heavy atom. The number of hydrogen-bond acceptors (Lipinski definition) is 3. The van der Waals surface area contributed by atoms with Crippen molar-refractivity contribution < 1.29 is 9.63 Å². The fourth-order valence-corrected chi connectivity index (χ4v) is 1.95. The van der Waals surface area contributed by atoms with Crippen LogP contribution < -0.4 is 10.8 Å². The van der Waals surface area contributed by atoms with Crippen molar-refractivity contribution in [3.8, 4) is 0 Å². The number of carbonyl (C=O) groups is 1. The third-order valence-electron chi connectivity index (χ3n) is 3.17. The fraction of sp³-hybridized carbons (Fsp3) is 0.917. The van der Waals surface area contributed by atoms with Gasteiger partial charge in [-0.25, -0.2) is 5.48 Å². The van der Waals surface area contributed by atoms with E-state index in [9.17, 15) is 4.79 Å². The molecule has 1 aliphatic heterocycles. The summed E-state index contributed by atoms with van der Waals surface area (Å²) in [6.45, 7) is 9.67. The van der Waals surface area contributed by atoms with Crippen LogP contribution in [0.2, 0.25) is 0 Å². The number of hydroxylamine groups is 1. The van der Waals surface area contributed by atoms with Gasteiger partial charge < -0.3 is 5.32 Å². The summed E-state index contributed by atoms with van der Waals surface area (Å²) in [7, 11) is 0. The Kier molecular flexibility index (Phi) is 4.33. The highest BCUT2D eigenvalue weighted by molar-refractivity contribution is 5.81. The van der Waals surface area contributed by atoms with E-state index >= 15 is 0 Å². The average Bonchev–Trinajstić information content (AvgIpc) is 2.25. The molecule has 0 aromatic rings. The lowest BCUT2D eigenvalue weighted by atomic mass is 9.76. The van der Waals surface area contributed by atoms with Crippen molar-refractivity contribution in [3.05, 3.63) is 0 Å². The Morgan fingerprint density at radius 2 is 1.94 bits per heavy atom. The van der Waals surface area contributed by atoms with Crippen molar-refractivity contribution in [3.63, 3.8) is 0 Å². The van der Waals surface area contributed by atoms with Gasteiger partial charge in [-0.05, 0) is 53.1 Å². The highest BCUT2D eigenvalue weighted by Gasteiger charge is 2.38. The molecule has 1 amide bonds. The minimum absolute atomic E-state index is 0.0337. The zero-order valence-corrected chi connectivity index (χ0v) is 10.9. The molecule has 0 spiro atoms. The molecule has 0 bridgehead atoms. The van der Waals surface area contributed by atoms with Gasteiger partial charge in [0.2, 0.25) is 5.91 Å². The van der Waals surface area contributed by atoms with Gasteiger partial charge in [0, 0.05) is 0 Å². The third kappa shape index (κ3) is 3.46. The van der Waals surface area contributed by atoms with Crippen LogP contribution in [0.4, 0.5) is 0 Å². The predicted molar refractivity (Wildman–Crippen MR) is 63.8 cm³/mol. The summed E-state index contributed by atoms with van der Waals surface area (Å²) in [6, 6.07) is 0. The lowest BCUT2D eigenvalue weighted by Crippen LogP contribution is -2.48. The van der Waals surface area contributed by atoms with Crippen molar-refractivity contribution in [1.82, 2.24) is 10.8 Å². The normalized spacial score (nSPS) is 20.5. The minimum Gasteiger partial charge on any atom is -0.317 e. The SMILES string of the molecule is CCC1(C(=O)NOC(C)(C)C)CCNCC1. The molecule has 1 fully saturated rings. The molecule has 1 aliphatic rings. The summed E-state index contributed by atoms with van der Waals surface area (Å²) in [6.07, 6.45) is 2.65. The largest absolute Gasteiger partial charge is 0.317 e. The molecule has 0 radical (unpaired) electrons. The number of amides is 1. The Bertz CT molecular complexity index is 240. The summed E-state index contributed by atoms with van der Waals surface area (Å²) in [4.78, 5) is 17.5. The molecule has 0 aromatic heterocycles. The Hall–Kier alpha value is -0.610. The van der Waals surface area contributed by atoms with Crippen molar-refractivity contribution in [1.29, 1.82) is 0 Å². The van der Waals surface area contributed by atoms with Gasteiger partial charge in [0.15, 0.2) is 0 Å². The van der Waals surface area contributed by atoms with Crippen LogP contribution in [0.25, 0.3) is 0 Å². The molecule has 0 aromatic carbocycles. The van der Waals surface area contributed by atoms with Crippen molar-refractivity contribution in [2.45, 2.75) is 52.6 Å². The van der Waals surface area contributed by atoms with Gasteiger partial charge in [0.05, 0.1) is 11.0 Å². The first kappa shape index (κ1) is 13.5. The fourth-order valence-electron chi connectivity index (χ4n) is 1.95. The molecule has 94 valence electrons. The standard InChI is InChI=1S/C12H24N2O2/c1-5-12(6-8-13-9-7-12)10(15)14-16-11(2,3)4/h13H,5-9H2,1-4H3,(H,14,15).